The number of carbonyl (C=O) groups excluding carboxylic acids is 1. The molecule has 19 heavy (non-hydrogen) atoms. The van der Waals surface area contributed by atoms with Crippen LogP contribution in [0.1, 0.15) is 18.4 Å². The van der Waals surface area contributed by atoms with E-state index in [9.17, 15) is 9.90 Å². The van der Waals surface area contributed by atoms with Gasteiger partial charge in [0.05, 0.1) is 5.60 Å². The minimum absolute atomic E-state index is 0.201. The van der Waals surface area contributed by atoms with E-state index in [-0.39, 0.29) is 12.7 Å². The van der Waals surface area contributed by atoms with Crippen LogP contribution >= 0.6 is 0 Å². The predicted molar refractivity (Wildman–Crippen MR) is 68.3 cm³/mol. The summed E-state index contributed by atoms with van der Waals surface area (Å²) in [5, 5.41) is 10.5. The molecule has 2 heterocycles. The molecule has 1 aliphatic heterocycles. The monoisotopic (exact) mass is 263 g/mol. The number of rotatable bonds is 3. The second kappa shape index (κ2) is 5.79. The summed E-state index contributed by atoms with van der Waals surface area (Å²) in [5.74, 6) is 0. The average molecular weight is 263 g/mol. The van der Waals surface area contributed by atoms with Crippen LogP contribution in [0.2, 0.25) is 0 Å². The first-order valence-corrected chi connectivity index (χ1v) is 6.16. The molecule has 0 unspecified atom stereocenters. The topological polar surface area (TPSA) is 75.5 Å². The maximum atomic E-state index is 11.7. The van der Waals surface area contributed by atoms with Crippen molar-refractivity contribution in [2.75, 3.05) is 19.7 Å². The molecule has 6 nitrogen and oxygen atoms in total. The number of amides is 1. The minimum atomic E-state index is -0.962. The van der Waals surface area contributed by atoms with Gasteiger partial charge in [-0.2, -0.15) is 0 Å². The molecule has 1 amide bonds. The summed E-state index contributed by atoms with van der Waals surface area (Å²) in [4.78, 5) is 21.1. The number of carbonyl (C=O) groups is 1. The number of hydrogen-bond donors (Lipinski definition) is 1. The van der Waals surface area contributed by atoms with Crippen LogP contribution in [0.4, 0.5) is 4.79 Å². The smallest absolute Gasteiger partial charge is 0.410 e. The van der Waals surface area contributed by atoms with Crippen LogP contribution in [0.15, 0.2) is 31.4 Å². The first-order chi connectivity index (χ1) is 9.15. The average Bonchev–Trinajstić information content (AvgIpc) is 2.46. The van der Waals surface area contributed by atoms with Crippen molar-refractivity contribution in [2.45, 2.75) is 18.4 Å². The Balaban J connectivity index is 1.95. The Kier molecular flexibility index (Phi) is 4.11. The third-order valence-corrected chi connectivity index (χ3v) is 3.27. The SMILES string of the molecule is C=CCOC(=O)N1CCC(O)(c2cncnc2)CC1. The standard InChI is InChI=1S/C13H17N3O3/c1-2-7-19-12(17)16-5-3-13(18,4-6-16)11-8-14-10-15-9-11/h2,8-10,18H,1,3-7H2. The fourth-order valence-corrected chi connectivity index (χ4v) is 2.11. The van der Waals surface area contributed by atoms with Gasteiger partial charge in [-0.05, 0) is 12.8 Å². The Morgan fingerprint density at radius 2 is 2.11 bits per heavy atom. The van der Waals surface area contributed by atoms with Crippen LogP contribution in [0.3, 0.4) is 0 Å². The second-order valence-electron chi connectivity index (χ2n) is 4.51. The van der Waals surface area contributed by atoms with Crippen LogP contribution < -0.4 is 0 Å². The van der Waals surface area contributed by atoms with Gasteiger partial charge in [-0.3, -0.25) is 0 Å². The Hall–Kier alpha value is -1.95. The lowest BCUT2D eigenvalue weighted by Gasteiger charge is -2.37. The molecule has 0 aromatic carbocycles. The normalized spacial score (nSPS) is 17.8. The Bertz CT molecular complexity index is 442. The Morgan fingerprint density at radius 3 is 2.68 bits per heavy atom. The van der Waals surface area contributed by atoms with E-state index in [2.05, 4.69) is 16.5 Å². The summed E-state index contributed by atoms with van der Waals surface area (Å²) in [6.45, 7) is 4.58. The molecule has 0 spiro atoms. The van der Waals surface area contributed by atoms with Gasteiger partial charge in [-0.25, -0.2) is 14.8 Å². The highest BCUT2D eigenvalue weighted by molar-refractivity contribution is 5.67. The molecule has 1 saturated heterocycles. The summed E-state index contributed by atoms with van der Waals surface area (Å²) in [5.41, 5.74) is -0.273. The zero-order chi connectivity index (χ0) is 13.7. The van der Waals surface area contributed by atoms with Gasteiger partial charge in [0, 0.05) is 31.0 Å². The molecule has 1 aromatic rings. The number of hydrogen-bond acceptors (Lipinski definition) is 5. The van der Waals surface area contributed by atoms with Crippen LogP contribution in [-0.4, -0.2) is 45.8 Å². The van der Waals surface area contributed by atoms with Crippen molar-refractivity contribution in [1.29, 1.82) is 0 Å². The van der Waals surface area contributed by atoms with E-state index in [4.69, 9.17) is 4.74 Å². The van der Waals surface area contributed by atoms with Crippen LogP contribution in [0, 0.1) is 0 Å². The van der Waals surface area contributed by atoms with E-state index < -0.39 is 5.60 Å². The molecule has 6 heteroatoms. The number of aliphatic hydroxyl groups is 1. The first kappa shape index (κ1) is 13.5. The number of aromatic nitrogens is 2. The molecule has 1 fully saturated rings. The van der Waals surface area contributed by atoms with Crippen molar-refractivity contribution in [3.05, 3.63) is 36.9 Å². The largest absolute Gasteiger partial charge is 0.445 e. The zero-order valence-corrected chi connectivity index (χ0v) is 10.7. The maximum Gasteiger partial charge on any atom is 0.410 e. The van der Waals surface area contributed by atoms with E-state index in [1.807, 2.05) is 0 Å². The number of piperidine rings is 1. The fourth-order valence-electron chi connectivity index (χ4n) is 2.11. The maximum absolute atomic E-state index is 11.7. The van der Waals surface area contributed by atoms with Crippen molar-refractivity contribution in [2.24, 2.45) is 0 Å². The third-order valence-electron chi connectivity index (χ3n) is 3.27. The fraction of sp³-hybridized carbons (Fsp3) is 0.462. The summed E-state index contributed by atoms with van der Waals surface area (Å²) >= 11 is 0. The van der Waals surface area contributed by atoms with Gasteiger partial charge in [-0.1, -0.05) is 12.7 Å². The highest BCUT2D eigenvalue weighted by Gasteiger charge is 2.36. The van der Waals surface area contributed by atoms with Gasteiger partial charge >= 0.3 is 6.09 Å². The molecule has 2 rings (SSSR count). The lowest BCUT2D eigenvalue weighted by atomic mass is 9.86. The van der Waals surface area contributed by atoms with Crippen molar-refractivity contribution >= 4 is 6.09 Å². The molecule has 1 aromatic heterocycles. The highest BCUT2D eigenvalue weighted by atomic mass is 16.6. The van der Waals surface area contributed by atoms with Gasteiger partial charge in [0.2, 0.25) is 0 Å². The quantitative estimate of drug-likeness (QED) is 0.826. The van der Waals surface area contributed by atoms with Crippen LogP contribution in [0.25, 0.3) is 0 Å². The zero-order valence-electron chi connectivity index (χ0n) is 10.7. The highest BCUT2D eigenvalue weighted by Crippen LogP contribution is 2.31. The summed E-state index contributed by atoms with van der Waals surface area (Å²) in [6.07, 6.45) is 6.70. The van der Waals surface area contributed by atoms with Gasteiger partial charge < -0.3 is 14.7 Å². The van der Waals surface area contributed by atoms with Gasteiger partial charge in [0.1, 0.15) is 12.9 Å². The molecular formula is C13H17N3O3. The molecule has 1 aliphatic rings. The molecule has 0 radical (unpaired) electrons. The van der Waals surface area contributed by atoms with Gasteiger partial charge in [0.15, 0.2) is 0 Å². The van der Waals surface area contributed by atoms with Gasteiger partial charge in [0.25, 0.3) is 0 Å². The predicted octanol–water partition coefficient (Wildman–Crippen LogP) is 1.08. The lowest BCUT2D eigenvalue weighted by Crippen LogP contribution is -2.45. The van der Waals surface area contributed by atoms with Crippen LogP contribution in [0.5, 0.6) is 0 Å². The minimum Gasteiger partial charge on any atom is -0.445 e. The molecule has 1 N–H and O–H groups in total. The van der Waals surface area contributed by atoms with E-state index in [0.717, 1.165) is 0 Å². The van der Waals surface area contributed by atoms with E-state index in [0.29, 0.717) is 31.5 Å². The summed E-state index contributed by atoms with van der Waals surface area (Å²) in [6, 6.07) is 0. The second-order valence-corrected chi connectivity index (χ2v) is 4.51. The molecule has 0 bridgehead atoms. The van der Waals surface area contributed by atoms with E-state index >= 15 is 0 Å². The number of nitrogens with zero attached hydrogens (tertiary/aromatic N) is 3. The number of likely N-dealkylation sites (tertiary alicyclic amines) is 1. The lowest BCUT2D eigenvalue weighted by molar-refractivity contribution is -0.0244. The molecule has 0 saturated carbocycles. The molecule has 102 valence electrons. The van der Waals surface area contributed by atoms with Crippen molar-refractivity contribution in [1.82, 2.24) is 14.9 Å². The van der Waals surface area contributed by atoms with E-state index in [1.165, 1.54) is 12.4 Å². The van der Waals surface area contributed by atoms with E-state index in [1.54, 1.807) is 17.3 Å². The molecular weight excluding hydrogens is 246 g/mol. The molecule has 0 atom stereocenters. The summed E-state index contributed by atoms with van der Waals surface area (Å²) < 4.78 is 4.97. The Morgan fingerprint density at radius 1 is 1.47 bits per heavy atom. The summed E-state index contributed by atoms with van der Waals surface area (Å²) in [7, 11) is 0. The third kappa shape index (κ3) is 3.08. The molecule has 0 aliphatic carbocycles. The van der Waals surface area contributed by atoms with Crippen molar-refractivity contribution in [3.8, 4) is 0 Å². The first-order valence-electron chi connectivity index (χ1n) is 6.16. The van der Waals surface area contributed by atoms with Crippen molar-refractivity contribution in [3.63, 3.8) is 0 Å². The van der Waals surface area contributed by atoms with Crippen molar-refractivity contribution < 1.29 is 14.6 Å². The van der Waals surface area contributed by atoms with Crippen LogP contribution in [-0.2, 0) is 10.3 Å². The number of ether oxygens (including phenoxy) is 1. The van der Waals surface area contributed by atoms with Gasteiger partial charge in [-0.15, -0.1) is 0 Å². The Labute approximate surface area is 111 Å².